The van der Waals surface area contributed by atoms with Gasteiger partial charge in [0.25, 0.3) is 0 Å². The molecule has 1 heterocycles. The van der Waals surface area contributed by atoms with Gasteiger partial charge in [-0.05, 0) is 57.6 Å². The SMILES string of the molecule is C[C@@H](C(=O)N1[C@H](C(=O)O)C[C@@H]2CCC[C@@H]21)N(C)[C@@H](CCc1ccccc1)C(=O)O. The van der Waals surface area contributed by atoms with Crippen molar-refractivity contribution >= 4 is 17.8 Å². The van der Waals surface area contributed by atoms with Crippen LogP contribution < -0.4 is 0 Å². The summed E-state index contributed by atoms with van der Waals surface area (Å²) >= 11 is 0. The number of amides is 1. The Labute approximate surface area is 171 Å². The fraction of sp³-hybridized carbons (Fsp3) is 0.591. The van der Waals surface area contributed by atoms with E-state index < -0.39 is 30.1 Å². The van der Waals surface area contributed by atoms with Crippen LogP contribution in [0.5, 0.6) is 0 Å². The second-order valence-corrected chi connectivity index (χ2v) is 8.31. The molecule has 0 radical (unpaired) electrons. The standard InChI is InChI=1S/C22H30N2O5/c1-14(20(25)24-17-10-6-9-16(17)13-19(24)22(28)29)23(2)18(21(26)27)12-11-15-7-4-3-5-8-15/h3-5,7-8,14,16-19H,6,9-13H2,1-2H3,(H,26,27)(H,28,29)/t14-,16-,17-,18-,19-/m0/s1. The second-order valence-electron chi connectivity index (χ2n) is 8.31. The summed E-state index contributed by atoms with van der Waals surface area (Å²) < 4.78 is 0. The highest BCUT2D eigenvalue weighted by Gasteiger charge is 2.50. The Hall–Kier alpha value is -2.41. The fourth-order valence-electron chi connectivity index (χ4n) is 4.94. The highest BCUT2D eigenvalue weighted by atomic mass is 16.4. The van der Waals surface area contributed by atoms with Gasteiger partial charge in [-0.25, -0.2) is 4.79 Å². The molecule has 0 aromatic heterocycles. The number of nitrogens with zero attached hydrogens (tertiary/aromatic N) is 2. The summed E-state index contributed by atoms with van der Waals surface area (Å²) in [6.07, 6.45) is 4.25. The van der Waals surface area contributed by atoms with Crippen molar-refractivity contribution in [2.24, 2.45) is 5.92 Å². The molecule has 29 heavy (non-hydrogen) atoms. The van der Waals surface area contributed by atoms with Crippen LogP contribution in [0.2, 0.25) is 0 Å². The van der Waals surface area contributed by atoms with E-state index in [1.807, 2.05) is 30.3 Å². The van der Waals surface area contributed by atoms with Gasteiger partial charge in [0.2, 0.25) is 5.91 Å². The first kappa shape index (κ1) is 21.3. The average molecular weight is 402 g/mol. The van der Waals surface area contributed by atoms with E-state index in [0.717, 1.165) is 24.8 Å². The van der Waals surface area contributed by atoms with Crippen LogP contribution in [0.3, 0.4) is 0 Å². The number of hydrogen-bond acceptors (Lipinski definition) is 4. The number of likely N-dealkylation sites (tertiary alicyclic amines) is 1. The van der Waals surface area contributed by atoms with E-state index in [9.17, 15) is 24.6 Å². The minimum atomic E-state index is -0.974. The largest absolute Gasteiger partial charge is 0.480 e. The number of benzene rings is 1. The van der Waals surface area contributed by atoms with Gasteiger partial charge in [-0.15, -0.1) is 0 Å². The maximum Gasteiger partial charge on any atom is 0.326 e. The maximum atomic E-state index is 13.3. The van der Waals surface area contributed by atoms with Crippen LogP contribution in [0, 0.1) is 5.92 Å². The molecule has 7 nitrogen and oxygen atoms in total. The number of hydrogen-bond donors (Lipinski definition) is 2. The second kappa shape index (κ2) is 8.95. The van der Waals surface area contributed by atoms with Gasteiger partial charge in [0, 0.05) is 6.04 Å². The third kappa shape index (κ3) is 4.45. The van der Waals surface area contributed by atoms with Gasteiger partial charge in [0.05, 0.1) is 6.04 Å². The molecule has 7 heteroatoms. The molecule has 5 atom stereocenters. The quantitative estimate of drug-likeness (QED) is 0.692. The molecular weight excluding hydrogens is 372 g/mol. The van der Waals surface area contributed by atoms with Crippen molar-refractivity contribution in [3.8, 4) is 0 Å². The molecule has 1 aromatic carbocycles. The van der Waals surface area contributed by atoms with Crippen LogP contribution in [0.25, 0.3) is 0 Å². The molecule has 2 aliphatic rings. The Morgan fingerprint density at radius 1 is 1.17 bits per heavy atom. The molecule has 3 rings (SSSR count). The van der Waals surface area contributed by atoms with Crippen LogP contribution in [-0.4, -0.2) is 69.1 Å². The van der Waals surface area contributed by atoms with Crippen LogP contribution in [0.1, 0.15) is 44.6 Å². The summed E-state index contributed by atoms with van der Waals surface area (Å²) in [5.74, 6) is -1.98. The highest BCUT2D eigenvalue weighted by Crippen LogP contribution is 2.41. The number of aryl methyl sites for hydroxylation is 1. The smallest absolute Gasteiger partial charge is 0.326 e. The summed E-state index contributed by atoms with van der Waals surface area (Å²) in [7, 11) is 1.64. The van der Waals surface area contributed by atoms with Gasteiger partial charge in [0.15, 0.2) is 0 Å². The lowest BCUT2D eigenvalue weighted by Gasteiger charge is -2.35. The Morgan fingerprint density at radius 3 is 2.48 bits per heavy atom. The summed E-state index contributed by atoms with van der Waals surface area (Å²) in [6, 6.07) is 7.29. The molecule has 0 bridgehead atoms. The Kier molecular flexibility index (Phi) is 6.57. The van der Waals surface area contributed by atoms with Crippen molar-refractivity contribution in [1.82, 2.24) is 9.80 Å². The molecule has 1 saturated carbocycles. The third-order valence-electron chi connectivity index (χ3n) is 6.67. The number of carboxylic acids is 2. The number of aliphatic carboxylic acids is 2. The van der Waals surface area contributed by atoms with E-state index in [0.29, 0.717) is 19.3 Å². The lowest BCUT2D eigenvalue weighted by molar-refractivity contribution is -0.154. The van der Waals surface area contributed by atoms with Crippen molar-refractivity contribution in [1.29, 1.82) is 0 Å². The number of carboxylic acid groups (broad SMARTS) is 2. The molecule has 1 amide bonds. The van der Waals surface area contributed by atoms with Crippen molar-refractivity contribution in [2.45, 2.75) is 69.6 Å². The van der Waals surface area contributed by atoms with Crippen molar-refractivity contribution < 1.29 is 24.6 Å². The summed E-state index contributed by atoms with van der Waals surface area (Å²) in [6.45, 7) is 1.68. The minimum absolute atomic E-state index is 0.0351. The lowest BCUT2D eigenvalue weighted by Crippen LogP contribution is -2.55. The van der Waals surface area contributed by atoms with E-state index in [1.165, 1.54) is 4.90 Å². The van der Waals surface area contributed by atoms with Gasteiger partial charge < -0.3 is 15.1 Å². The van der Waals surface area contributed by atoms with Crippen molar-refractivity contribution in [3.05, 3.63) is 35.9 Å². The average Bonchev–Trinajstić information content (AvgIpc) is 3.28. The molecule has 1 saturated heterocycles. The number of rotatable bonds is 8. The molecule has 2 fully saturated rings. The zero-order chi connectivity index (χ0) is 21.1. The van der Waals surface area contributed by atoms with Crippen molar-refractivity contribution in [3.63, 3.8) is 0 Å². The summed E-state index contributed by atoms with van der Waals surface area (Å²) in [4.78, 5) is 40.0. The monoisotopic (exact) mass is 402 g/mol. The van der Waals surface area contributed by atoms with Crippen molar-refractivity contribution in [2.75, 3.05) is 7.05 Å². The van der Waals surface area contributed by atoms with E-state index in [4.69, 9.17) is 0 Å². The van der Waals surface area contributed by atoms with Gasteiger partial charge in [-0.2, -0.15) is 0 Å². The van der Waals surface area contributed by atoms with Gasteiger partial charge in [-0.3, -0.25) is 14.5 Å². The first-order valence-corrected chi connectivity index (χ1v) is 10.3. The predicted octanol–water partition coefficient (Wildman–Crippen LogP) is 2.25. The molecule has 1 aromatic rings. The normalized spacial score (nSPS) is 25.6. The summed E-state index contributed by atoms with van der Waals surface area (Å²) in [5.41, 5.74) is 1.05. The van der Waals surface area contributed by atoms with Gasteiger partial charge >= 0.3 is 11.9 Å². The van der Waals surface area contributed by atoms with E-state index in [1.54, 1.807) is 18.9 Å². The molecule has 1 aliphatic carbocycles. The highest BCUT2D eigenvalue weighted by molar-refractivity contribution is 5.88. The Morgan fingerprint density at radius 2 is 1.86 bits per heavy atom. The molecule has 0 unspecified atom stereocenters. The van der Waals surface area contributed by atoms with E-state index >= 15 is 0 Å². The molecule has 2 N–H and O–H groups in total. The maximum absolute atomic E-state index is 13.3. The van der Waals surface area contributed by atoms with Gasteiger partial charge in [-0.1, -0.05) is 36.8 Å². The fourth-order valence-corrected chi connectivity index (χ4v) is 4.94. The first-order chi connectivity index (χ1) is 13.8. The summed E-state index contributed by atoms with van der Waals surface area (Å²) in [5, 5.41) is 19.4. The predicted molar refractivity (Wildman–Crippen MR) is 107 cm³/mol. The zero-order valence-electron chi connectivity index (χ0n) is 17.0. The van der Waals surface area contributed by atoms with Gasteiger partial charge in [0.1, 0.15) is 12.1 Å². The molecule has 0 spiro atoms. The number of fused-ring (bicyclic) bond motifs is 1. The number of carbonyl (C=O) groups excluding carboxylic acids is 1. The topological polar surface area (TPSA) is 98.2 Å². The Balaban J connectivity index is 1.72. The third-order valence-corrected chi connectivity index (χ3v) is 6.67. The number of likely N-dealkylation sites (N-methyl/N-ethyl adjacent to an activating group) is 1. The van der Waals surface area contributed by atoms with Crippen LogP contribution >= 0.6 is 0 Å². The molecular formula is C22H30N2O5. The molecule has 158 valence electrons. The zero-order valence-corrected chi connectivity index (χ0v) is 17.0. The molecule has 1 aliphatic heterocycles. The van der Waals surface area contributed by atoms with Crippen LogP contribution in [0.15, 0.2) is 30.3 Å². The van der Waals surface area contributed by atoms with Crippen LogP contribution in [0.4, 0.5) is 0 Å². The van der Waals surface area contributed by atoms with Crippen LogP contribution in [-0.2, 0) is 20.8 Å². The Bertz CT molecular complexity index is 753. The first-order valence-electron chi connectivity index (χ1n) is 10.3. The van der Waals surface area contributed by atoms with E-state index in [-0.39, 0.29) is 17.9 Å². The minimum Gasteiger partial charge on any atom is -0.480 e. The van der Waals surface area contributed by atoms with E-state index in [2.05, 4.69) is 0 Å². The lowest BCUT2D eigenvalue weighted by atomic mass is 10.0. The number of carbonyl (C=O) groups is 3.